The van der Waals surface area contributed by atoms with E-state index in [2.05, 4.69) is 9.47 Å². The number of methoxy groups -OCH3 is 2. The van der Waals surface area contributed by atoms with Gasteiger partial charge in [-0.1, -0.05) is 0 Å². The van der Waals surface area contributed by atoms with Crippen LogP contribution in [-0.4, -0.2) is 198 Å². The SMILES string of the molecule is COC(=O)COCCOCCOCCOCCOCCOCCOCCOCCOCCOCCOCCOCCOCC(=O)OC. The summed E-state index contributed by atoms with van der Waals surface area (Å²) in [5.74, 6) is -0.824. The van der Waals surface area contributed by atoms with E-state index in [0.717, 1.165) is 0 Å². The number of hydrogen-bond acceptors (Lipinski definition) is 17. The first kappa shape index (κ1) is 45.4. The average Bonchev–Trinajstić information content (AvgIpc) is 3.08. The maximum atomic E-state index is 10.9. The molecule has 0 radical (unpaired) electrons. The van der Waals surface area contributed by atoms with Gasteiger partial charge in [-0.2, -0.15) is 0 Å². The quantitative estimate of drug-likeness (QED) is 0.0597. The number of rotatable bonds is 40. The topological polar surface area (TPSA) is 173 Å². The lowest BCUT2D eigenvalue weighted by Gasteiger charge is -2.09. The highest BCUT2D eigenvalue weighted by Crippen LogP contribution is 1.88. The summed E-state index contributed by atoms with van der Waals surface area (Å²) in [6.45, 7) is 10.7. The van der Waals surface area contributed by atoms with E-state index in [-0.39, 0.29) is 13.2 Å². The van der Waals surface area contributed by atoms with Crippen LogP contribution in [-0.2, 0) is 80.6 Å². The number of carbonyl (C=O) groups excluding carboxylic acids is 2. The fraction of sp³-hybridized carbons (Fsp3) is 0.933. The molecule has 0 aliphatic rings. The molecule has 0 saturated heterocycles. The molecule has 0 aliphatic carbocycles. The van der Waals surface area contributed by atoms with E-state index in [4.69, 9.17) is 61.6 Å². The zero-order chi connectivity index (χ0) is 34.1. The lowest BCUT2D eigenvalue weighted by atomic mass is 10.6. The van der Waals surface area contributed by atoms with E-state index in [9.17, 15) is 9.59 Å². The fourth-order valence-electron chi connectivity index (χ4n) is 2.97. The Morgan fingerprint density at radius 2 is 0.383 bits per heavy atom. The predicted molar refractivity (Wildman–Crippen MR) is 165 cm³/mol. The van der Waals surface area contributed by atoms with Gasteiger partial charge in [0.15, 0.2) is 0 Å². The van der Waals surface area contributed by atoms with Crippen molar-refractivity contribution >= 4 is 11.9 Å². The van der Waals surface area contributed by atoms with Gasteiger partial charge in [0.05, 0.1) is 173 Å². The van der Waals surface area contributed by atoms with Crippen LogP contribution in [0.2, 0.25) is 0 Å². The molecule has 0 aromatic heterocycles. The molecule has 0 unspecified atom stereocenters. The maximum Gasteiger partial charge on any atom is 0.331 e. The largest absolute Gasteiger partial charge is 0.467 e. The third kappa shape index (κ3) is 40.5. The van der Waals surface area contributed by atoms with Crippen molar-refractivity contribution in [3.05, 3.63) is 0 Å². The molecule has 17 nitrogen and oxygen atoms in total. The van der Waals surface area contributed by atoms with Crippen molar-refractivity contribution in [1.82, 2.24) is 0 Å². The Hall–Kier alpha value is -1.58. The van der Waals surface area contributed by atoms with Crippen molar-refractivity contribution in [1.29, 1.82) is 0 Å². The number of carbonyl (C=O) groups is 2. The molecule has 0 spiro atoms. The first-order valence-corrected chi connectivity index (χ1v) is 15.8. The number of esters is 2. The minimum Gasteiger partial charge on any atom is -0.467 e. The van der Waals surface area contributed by atoms with Crippen molar-refractivity contribution < 1.29 is 80.6 Å². The molecule has 0 atom stereocenters. The van der Waals surface area contributed by atoms with Gasteiger partial charge in [-0.05, 0) is 0 Å². The smallest absolute Gasteiger partial charge is 0.331 e. The van der Waals surface area contributed by atoms with Gasteiger partial charge in [-0.3, -0.25) is 0 Å². The Labute approximate surface area is 278 Å². The molecule has 0 rings (SSSR count). The first-order valence-electron chi connectivity index (χ1n) is 15.8. The standard InChI is InChI=1S/C30H58O17/c1-33-29(31)27-46-25-23-44-21-19-42-17-15-40-13-11-38-9-7-36-5-3-35-4-6-37-8-10-39-12-14-41-16-18-43-20-22-45-24-26-47-28-30(32)34-2/h3-28H2,1-2H3. The fourth-order valence-corrected chi connectivity index (χ4v) is 2.97. The maximum absolute atomic E-state index is 10.9. The Morgan fingerprint density at radius 1 is 0.255 bits per heavy atom. The molecule has 0 amide bonds. The molecular weight excluding hydrogens is 632 g/mol. The summed E-state index contributed by atoms with van der Waals surface area (Å²) in [7, 11) is 2.62. The van der Waals surface area contributed by atoms with Crippen LogP contribution in [0.4, 0.5) is 0 Å². The molecule has 47 heavy (non-hydrogen) atoms. The van der Waals surface area contributed by atoms with E-state index >= 15 is 0 Å². The van der Waals surface area contributed by atoms with Gasteiger partial charge in [0.1, 0.15) is 13.2 Å². The van der Waals surface area contributed by atoms with E-state index < -0.39 is 11.9 Å². The van der Waals surface area contributed by atoms with Crippen molar-refractivity contribution in [3.8, 4) is 0 Å². The van der Waals surface area contributed by atoms with E-state index in [1.54, 1.807) is 0 Å². The van der Waals surface area contributed by atoms with Crippen LogP contribution in [0, 0.1) is 0 Å². The van der Waals surface area contributed by atoms with Crippen LogP contribution in [0.25, 0.3) is 0 Å². The van der Waals surface area contributed by atoms with Crippen LogP contribution in [0.15, 0.2) is 0 Å². The Kier molecular flexibility index (Phi) is 39.2. The third-order valence-electron chi connectivity index (χ3n) is 5.36. The molecular formula is C30H58O17. The normalized spacial score (nSPS) is 11.3. The second-order valence-corrected chi connectivity index (χ2v) is 8.99. The molecule has 0 N–H and O–H groups in total. The van der Waals surface area contributed by atoms with Gasteiger partial charge >= 0.3 is 11.9 Å². The van der Waals surface area contributed by atoms with E-state index in [0.29, 0.717) is 159 Å². The first-order chi connectivity index (χ1) is 23.2. The van der Waals surface area contributed by atoms with Gasteiger partial charge in [0.2, 0.25) is 0 Å². The summed E-state index contributed by atoms with van der Waals surface area (Å²) in [6, 6.07) is 0. The summed E-state index contributed by atoms with van der Waals surface area (Å²) in [5.41, 5.74) is 0. The van der Waals surface area contributed by atoms with Crippen molar-refractivity contribution in [2.75, 3.05) is 186 Å². The lowest BCUT2D eigenvalue weighted by Crippen LogP contribution is -2.16. The summed E-state index contributed by atoms with van der Waals surface area (Å²) in [5, 5.41) is 0. The minimum atomic E-state index is -0.412. The van der Waals surface area contributed by atoms with Crippen LogP contribution < -0.4 is 0 Å². The summed E-state index contributed by atoms with van der Waals surface area (Å²) < 4.78 is 78.6. The summed E-state index contributed by atoms with van der Waals surface area (Å²) >= 11 is 0. The number of ether oxygens (including phenoxy) is 15. The van der Waals surface area contributed by atoms with Crippen LogP contribution in [0.3, 0.4) is 0 Å². The molecule has 0 aromatic carbocycles. The Morgan fingerprint density at radius 3 is 0.511 bits per heavy atom. The van der Waals surface area contributed by atoms with E-state index in [1.165, 1.54) is 14.2 Å². The Balaban J connectivity index is 3.06. The monoisotopic (exact) mass is 690 g/mol. The number of hydrogen-bond donors (Lipinski definition) is 0. The molecule has 0 aliphatic heterocycles. The van der Waals surface area contributed by atoms with Gasteiger partial charge in [0.25, 0.3) is 0 Å². The zero-order valence-electron chi connectivity index (χ0n) is 28.3. The highest BCUT2D eigenvalue weighted by atomic mass is 16.6. The van der Waals surface area contributed by atoms with Gasteiger partial charge in [-0.25, -0.2) is 9.59 Å². The highest BCUT2D eigenvalue weighted by Gasteiger charge is 2.00. The van der Waals surface area contributed by atoms with Crippen molar-refractivity contribution in [2.24, 2.45) is 0 Å². The Bertz CT molecular complexity index is 592. The molecule has 0 saturated carbocycles. The van der Waals surface area contributed by atoms with Gasteiger partial charge in [0, 0.05) is 0 Å². The van der Waals surface area contributed by atoms with Crippen molar-refractivity contribution in [3.63, 3.8) is 0 Å². The summed E-state index contributed by atoms with van der Waals surface area (Å²) in [4.78, 5) is 21.7. The average molecular weight is 691 g/mol. The summed E-state index contributed by atoms with van der Waals surface area (Å²) in [6.07, 6.45) is 0. The second-order valence-electron chi connectivity index (χ2n) is 8.99. The van der Waals surface area contributed by atoms with E-state index in [1.807, 2.05) is 0 Å². The van der Waals surface area contributed by atoms with Gasteiger partial charge in [-0.15, -0.1) is 0 Å². The molecule has 0 aromatic rings. The van der Waals surface area contributed by atoms with Crippen LogP contribution in [0.5, 0.6) is 0 Å². The zero-order valence-corrected chi connectivity index (χ0v) is 28.3. The van der Waals surface area contributed by atoms with Crippen LogP contribution in [0.1, 0.15) is 0 Å². The van der Waals surface area contributed by atoms with Crippen LogP contribution >= 0.6 is 0 Å². The minimum absolute atomic E-state index is 0.0751. The lowest BCUT2D eigenvalue weighted by molar-refractivity contribution is -0.147. The molecule has 0 heterocycles. The molecule has 280 valence electrons. The predicted octanol–water partition coefficient (Wildman–Crippen LogP) is -0.452. The molecule has 0 fully saturated rings. The molecule has 0 bridgehead atoms. The van der Waals surface area contributed by atoms with Crippen molar-refractivity contribution in [2.45, 2.75) is 0 Å². The third-order valence-corrected chi connectivity index (χ3v) is 5.36. The highest BCUT2D eigenvalue weighted by molar-refractivity contribution is 5.70. The van der Waals surface area contributed by atoms with Gasteiger partial charge < -0.3 is 71.1 Å². The second kappa shape index (κ2) is 40.6. The molecule has 17 heteroatoms.